The molecule has 0 bridgehead atoms. The molecule has 3 rings (SSSR count). The Balaban J connectivity index is 1.92. The number of anilines is 1. The molecule has 13 heteroatoms. The van der Waals surface area contributed by atoms with Crippen LogP contribution in [-0.4, -0.2) is 49.6 Å². The van der Waals surface area contributed by atoms with Gasteiger partial charge in [0.2, 0.25) is 15.7 Å². The summed E-state index contributed by atoms with van der Waals surface area (Å²) in [4.78, 5) is 35.7. The lowest BCUT2D eigenvalue weighted by atomic mass is 9.98. The second kappa shape index (κ2) is 13.3. The van der Waals surface area contributed by atoms with Gasteiger partial charge in [0.1, 0.15) is 5.60 Å². The zero-order chi connectivity index (χ0) is 30.4. The number of hydrogen-bond acceptors (Lipinski definition) is 9. The van der Waals surface area contributed by atoms with Crippen LogP contribution in [0.15, 0.2) is 67.6 Å². The van der Waals surface area contributed by atoms with Gasteiger partial charge in [0.05, 0.1) is 26.6 Å². The number of nitrogens with one attached hydrogen (secondary N) is 2. The van der Waals surface area contributed by atoms with Crippen LogP contribution in [0.1, 0.15) is 44.1 Å². The van der Waals surface area contributed by atoms with E-state index in [-0.39, 0.29) is 22.6 Å². The molecule has 3 aromatic rings. The minimum Gasteiger partial charge on any atom is -0.481 e. The summed E-state index contributed by atoms with van der Waals surface area (Å²) in [5.74, 6) is -1.53. The molecule has 1 aromatic heterocycles. The van der Waals surface area contributed by atoms with Crippen LogP contribution in [0, 0.1) is 6.92 Å². The fourth-order valence-corrected chi connectivity index (χ4v) is 7.69. The van der Waals surface area contributed by atoms with Crippen LogP contribution < -0.4 is 10.7 Å². The summed E-state index contributed by atoms with van der Waals surface area (Å²) in [6.07, 6.45) is 1.91. The van der Waals surface area contributed by atoms with Crippen LogP contribution in [0.3, 0.4) is 0 Å². The predicted molar refractivity (Wildman–Crippen MR) is 161 cm³/mol. The van der Waals surface area contributed by atoms with E-state index >= 15 is 0 Å². The summed E-state index contributed by atoms with van der Waals surface area (Å²) in [6, 6.07) is 13.2. The van der Waals surface area contributed by atoms with Crippen molar-refractivity contribution >= 4 is 62.8 Å². The number of aryl methyl sites for hydroxylation is 1. The number of hydrogen-bond donors (Lipinski definition) is 3. The van der Waals surface area contributed by atoms with E-state index in [2.05, 4.69) is 15.8 Å². The van der Waals surface area contributed by atoms with Gasteiger partial charge in [-0.3, -0.25) is 9.59 Å². The highest BCUT2D eigenvalue weighted by Crippen LogP contribution is 2.38. The number of carboxylic acid groups (broad SMARTS) is 1. The Bertz CT molecular complexity index is 1590. The number of aliphatic carboxylic acids is 1. The predicted octanol–water partition coefficient (Wildman–Crippen LogP) is 5.94. The molecule has 10 nitrogen and oxygen atoms in total. The van der Waals surface area contributed by atoms with Crippen molar-refractivity contribution in [1.29, 1.82) is 0 Å². The van der Waals surface area contributed by atoms with Crippen LogP contribution in [0.25, 0.3) is 11.1 Å². The SMILES string of the molecule is CSc1sc(C=NNC(=O)OC(C)(C)C)cc1S(=O)(=O)c1cccc(-c2c(C)cccc2NC(=O)CCC(=O)O)c1. The average molecular weight is 618 g/mol. The highest BCUT2D eigenvalue weighted by molar-refractivity contribution is 8.01. The van der Waals surface area contributed by atoms with Gasteiger partial charge in [0.15, 0.2) is 0 Å². The third-order valence-corrected chi connectivity index (χ3v) is 9.69. The van der Waals surface area contributed by atoms with Crippen molar-refractivity contribution < 1.29 is 32.6 Å². The summed E-state index contributed by atoms with van der Waals surface area (Å²) in [5, 5.41) is 15.5. The molecule has 41 heavy (non-hydrogen) atoms. The molecule has 0 aliphatic rings. The van der Waals surface area contributed by atoms with Crippen molar-refractivity contribution in [3.8, 4) is 11.1 Å². The quantitative estimate of drug-likeness (QED) is 0.144. The minimum absolute atomic E-state index is 0.0601. The fourth-order valence-electron chi connectivity index (χ4n) is 3.75. The summed E-state index contributed by atoms with van der Waals surface area (Å²) in [7, 11) is -3.96. The zero-order valence-electron chi connectivity index (χ0n) is 23.2. The summed E-state index contributed by atoms with van der Waals surface area (Å²) >= 11 is 2.50. The molecular weight excluding hydrogens is 587 g/mol. The third kappa shape index (κ3) is 8.65. The Labute approximate surface area is 247 Å². The van der Waals surface area contributed by atoms with Crippen molar-refractivity contribution in [1.82, 2.24) is 5.43 Å². The number of ether oxygens (including phenoxy) is 1. The Morgan fingerprint density at radius 1 is 1.10 bits per heavy atom. The molecule has 0 radical (unpaired) electrons. The Morgan fingerprint density at radius 3 is 2.46 bits per heavy atom. The van der Waals surface area contributed by atoms with E-state index in [4.69, 9.17) is 9.84 Å². The van der Waals surface area contributed by atoms with Crippen molar-refractivity contribution in [3.63, 3.8) is 0 Å². The van der Waals surface area contributed by atoms with Gasteiger partial charge in [0, 0.05) is 22.5 Å². The molecule has 218 valence electrons. The number of carbonyl (C=O) groups is 3. The first-order valence-corrected chi connectivity index (χ1v) is 15.9. The van der Waals surface area contributed by atoms with Gasteiger partial charge >= 0.3 is 12.1 Å². The van der Waals surface area contributed by atoms with Gasteiger partial charge < -0.3 is 15.2 Å². The van der Waals surface area contributed by atoms with Crippen LogP contribution in [0.2, 0.25) is 0 Å². The maximum Gasteiger partial charge on any atom is 0.428 e. The molecule has 2 aromatic carbocycles. The number of amides is 2. The number of hydrazone groups is 1. The smallest absolute Gasteiger partial charge is 0.428 e. The molecule has 1 heterocycles. The van der Waals surface area contributed by atoms with E-state index in [0.717, 1.165) is 5.56 Å². The lowest BCUT2D eigenvalue weighted by molar-refractivity contribution is -0.138. The van der Waals surface area contributed by atoms with E-state index in [1.807, 2.05) is 13.0 Å². The van der Waals surface area contributed by atoms with Gasteiger partial charge in [-0.15, -0.1) is 23.1 Å². The summed E-state index contributed by atoms with van der Waals surface area (Å²) < 4.78 is 33.2. The Morgan fingerprint density at radius 2 is 1.80 bits per heavy atom. The van der Waals surface area contributed by atoms with E-state index in [9.17, 15) is 22.8 Å². The Kier molecular flexibility index (Phi) is 10.3. The number of nitrogens with zero attached hydrogens (tertiary/aromatic N) is 1. The molecule has 0 atom stereocenters. The number of thioether (sulfide) groups is 1. The number of thiophene rings is 1. The van der Waals surface area contributed by atoms with Crippen molar-refractivity contribution in [3.05, 3.63) is 59.0 Å². The molecular formula is C28H31N3O7S3. The zero-order valence-corrected chi connectivity index (χ0v) is 25.6. The van der Waals surface area contributed by atoms with Gasteiger partial charge in [-0.2, -0.15) is 5.10 Å². The average Bonchev–Trinajstić information content (AvgIpc) is 3.31. The normalized spacial score (nSPS) is 11.8. The van der Waals surface area contributed by atoms with Crippen LogP contribution in [0.5, 0.6) is 0 Å². The molecule has 0 saturated heterocycles. The molecule has 0 spiro atoms. The molecule has 0 aliphatic carbocycles. The van der Waals surface area contributed by atoms with E-state index in [1.165, 1.54) is 41.4 Å². The minimum atomic E-state index is -3.96. The topological polar surface area (TPSA) is 151 Å². The number of carbonyl (C=O) groups excluding carboxylic acids is 2. The van der Waals surface area contributed by atoms with Gasteiger partial charge in [-0.1, -0.05) is 24.3 Å². The molecule has 2 amide bonds. The molecule has 0 aliphatic heterocycles. The first kappa shape index (κ1) is 31.8. The highest BCUT2D eigenvalue weighted by Gasteiger charge is 2.25. The molecule has 0 unspecified atom stereocenters. The van der Waals surface area contributed by atoms with Crippen molar-refractivity contribution in [2.45, 2.75) is 60.1 Å². The van der Waals surface area contributed by atoms with Crippen LogP contribution in [0.4, 0.5) is 10.5 Å². The maximum absolute atomic E-state index is 13.8. The van der Waals surface area contributed by atoms with Gasteiger partial charge in [0.25, 0.3) is 0 Å². The third-order valence-electron chi connectivity index (χ3n) is 5.45. The van der Waals surface area contributed by atoms with Crippen molar-refractivity contribution in [2.24, 2.45) is 5.10 Å². The van der Waals surface area contributed by atoms with Crippen LogP contribution in [-0.2, 0) is 24.2 Å². The van der Waals surface area contributed by atoms with Crippen molar-refractivity contribution in [2.75, 3.05) is 11.6 Å². The first-order valence-electron chi connectivity index (χ1n) is 12.4. The monoisotopic (exact) mass is 617 g/mol. The van der Waals surface area contributed by atoms with Gasteiger partial charge in [-0.05, 0) is 69.3 Å². The summed E-state index contributed by atoms with van der Waals surface area (Å²) in [6.45, 7) is 7.02. The van der Waals surface area contributed by atoms with Gasteiger partial charge in [-0.25, -0.2) is 18.6 Å². The Hall–Kier alpha value is -3.68. The number of benzene rings is 2. The fraction of sp³-hybridized carbons (Fsp3) is 0.286. The second-order valence-corrected chi connectivity index (χ2v) is 13.9. The molecule has 3 N–H and O–H groups in total. The first-order chi connectivity index (χ1) is 19.2. The largest absolute Gasteiger partial charge is 0.481 e. The maximum atomic E-state index is 13.8. The highest BCUT2D eigenvalue weighted by atomic mass is 32.2. The lowest BCUT2D eigenvalue weighted by Gasteiger charge is -2.18. The standard InChI is InChI=1S/C28H31N3O7S3/c1-17-8-6-11-21(30-23(32)12-13-24(33)34)25(17)18-9-7-10-20(14-18)41(36,37)22-15-19(40-26(22)39-5)16-29-31-27(35)38-28(2,3)4/h6-11,14-16H,12-13H2,1-5H3,(H,30,32)(H,31,35)(H,33,34). The second-order valence-electron chi connectivity index (χ2n) is 9.85. The van der Waals surface area contributed by atoms with Crippen LogP contribution >= 0.6 is 23.1 Å². The molecule has 0 fully saturated rings. The number of carboxylic acids is 1. The lowest BCUT2D eigenvalue weighted by Crippen LogP contribution is -2.29. The number of rotatable bonds is 10. The molecule has 0 saturated carbocycles. The number of sulfone groups is 1. The summed E-state index contributed by atoms with van der Waals surface area (Å²) in [5.41, 5.74) is 4.03. The van der Waals surface area contributed by atoms with E-state index in [0.29, 0.717) is 25.9 Å². The van der Waals surface area contributed by atoms with E-state index in [1.54, 1.807) is 57.4 Å². The van der Waals surface area contributed by atoms with E-state index < -0.39 is 33.4 Å².